The maximum Gasteiger partial charge on any atom is 0.306 e. The predicted molar refractivity (Wildman–Crippen MR) is 69.1 cm³/mol. The second kappa shape index (κ2) is 5.30. The molecule has 1 aliphatic heterocycles. The fraction of sp³-hybridized carbons (Fsp3) is 0.429. The maximum absolute atomic E-state index is 12.2. The Morgan fingerprint density at radius 3 is 2.42 bits per heavy atom. The quantitative estimate of drug-likeness (QED) is 0.850. The van der Waals surface area contributed by atoms with Crippen molar-refractivity contribution < 1.29 is 19.8 Å². The van der Waals surface area contributed by atoms with Gasteiger partial charge in [0.1, 0.15) is 5.75 Å². The monoisotopic (exact) mass is 263 g/mol. The highest BCUT2D eigenvalue weighted by Gasteiger charge is 2.27. The van der Waals surface area contributed by atoms with Gasteiger partial charge in [0.05, 0.1) is 5.92 Å². The van der Waals surface area contributed by atoms with Crippen LogP contribution >= 0.6 is 0 Å². The molecule has 5 heteroatoms. The van der Waals surface area contributed by atoms with Crippen LogP contribution in [0.2, 0.25) is 0 Å². The maximum atomic E-state index is 12.2. The minimum Gasteiger partial charge on any atom is -0.508 e. The molecule has 1 aliphatic rings. The number of hydrogen-bond donors (Lipinski definition) is 2. The Labute approximate surface area is 111 Å². The third kappa shape index (κ3) is 2.86. The number of carbonyl (C=O) groups excluding carboxylic acids is 1. The van der Waals surface area contributed by atoms with Gasteiger partial charge in [0.15, 0.2) is 0 Å². The summed E-state index contributed by atoms with van der Waals surface area (Å²) in [6.45, 7) is 2.67. The summed E-state index contributed by atoms with van der Waals surface area (Å²) in [5, 5.41) is 18.4. The number of phenols is 1. The molecule has 19 heavy (non-hydrogen) atoms. The van der Waals surface area contributed by atoms with Crippen molar-refractivity contribution in [1.29, 1.82) is 0 Å². The summed E-state index contributed by atoms with van der Waals surface area (Å²) in [6, 6.07) is 4.75. The Bertz CT molecular complexity index is 504. The highest BCUT2D eigenvalue weighted by Crippen LogP contribution is 2.22. The molecule has 2 rings (SSSR count). The number of carbonyl (C=O) groups is 2. The van der Waals surface area contributed by atoms with E-state index in [2.05, 4.69) is 0 Å². The van der Waals surface area contributed by atoms with Crippen molar-refractivity contribution in [3.8, 4) is 5.75 Å². The van der Waals surface area contributed by atoms with Gasteiger partial charge in [-0.3, -0.25) is 9.59 Å². The number of rotatable bonds is 2. The molecule has 0 aliphatic carbocycles. The molecular formula is C14H17NO4. The summed E-state index contributed by atoms with van der Waals surface area (Å²) >= 11 is 0. The van der Waals surface area contributed by atoms with E-state index in [4.69, 9.17) is 5.11 Å². The summed E-state index contributed by atoms with van der Waals surface area (Å²) < 4.78 is 0. The molecule has 1 saturated heterocycles. The van der Waals surface area contributed by atoms with E-state index in [0.717, 1.165) is 0 Å². The lowest BCUT2D eigenvalue weighted by atomic mass is 9.96. The number of carboxylic acid groups (broad SMARTS) is 1. The first-order valence-electron chi connectivity index (χ1n) is 6.30. The van der Waals surface area contributed by atoms with Crippen LogP contribution in [0, 0.1) is 12.8 Å². The molecule has 0 unspecified atom stereocenters. The van der Waals surface area contributed by atoms with E-state index in [1.54, 1.807) is 24.0 Å². The summed E-state index contributed by atoms with van der Waals surface area (Å²) in [7, 11) is 0. The number of aromatic hydroxyl groups is 1. The van der Waals surface area contributed by atoms with E-state index >= 15 is 0 Å². The molecule has 1 aromatic carbocycles. The minimum atomic E-state index is -0.785. The molecule has 0 spiro atoms. The number of carboxylic acids is 1. The molecule has 2 N–H and O–H groups in total. The van der Waals surface area contributed by atoms with Gasteiger partial charge in [-0.25, -0.2) is 0 Å². The van der Waals surface area contributed by atoms with Gasteiger partial charge < -0.3 is 15.1 Å². The first-order chi connectivity index (χ1) is 8.99. The van der Waals surface area contributed by atoms with Crippen molar-refractivity contribution in [3.05, 3.63) is 29.3 Å². The summed E-state index contributed by atoms with van der Waals surface area (Å²) in [5.74, 6) is -1.06. The van der Waals surface area contributed by atoms with Gasteiger partial charge in [0.2, 0.25) is 0 Å². The Balaban J connectivity index is 2.05. The lowest BCUT2D eigenvalue weighted by Crippen LogP contribution is -2.40. The average molecular weight is 263 g/mol. The molecule has 0 radical (unpaired) electrons. The fourth-order valence-electron chi connectivity index (χ4n) is 2.30. The van der Waals surface area contributed by atoms with E-state index in [0.29, 0.717) is 37.1 Å². The molecule has 1 aromatic rings. The molecule has 5 nitrogen and oxygen atoms in total. The first kappa shape index (κ1) is 13.4. The highest BCUT2D eigenvalue weighted by molar-refractivity contribution is 5.94. The minimum absolute atomic E-state index is 0.105. The van der Waals surface area contributed by atoms with Gasteiger partial charge in [-0.1, -0.05) is 0 Å². The van der Waals surface area contributed by atoms with Gasteiger partial charge in [0.25, 0.3) is 5.91 Å². The van der Waals surface area contributed by atoms with E-state index in [1.807, 2.05) is 0 Å². The van der Waals surface area contributed by atoms with Gasteiger partial charge in [0, 0.05) is 18.7 Å². The van der Waals surface area contributed by atoms with Gasteiger partial charge in [-0.2, -0.15) is 0 Å². The SMILES string of the molecule is Cc1cc(C(=O)N2CCC(C(=O)O)CC2)ccc1O. The molecule has 1 fully saturated rings. The van der Waals surface area contributed by atoms with E-state index in [9.17, 15) is 14.7 Å². The second-order valence-electron chi connectivity index (χ2n) is 4.91. The summed E-state index contributed by atoms with van der Waals surface area (Å²) in [4.78, 5) is 24.8. The molecule has 0 atom stereocenters. The number of nitrogens with zero attached hydrogens (tertiary/aromatic N) is 1. The zero-order chi connectivity index (χ0) is 14.0. The Morgan fingerprint density at radius 2 is 1.89 bits per heavy atom. The molecule has 0 aromatic heterocycles. The van der Waals surface area contributed by atoms with Crippen molar-refractivity contribution >= 4 is 11.9 Å². The third-order valence-electron chi connectivity index (χ3n) is 3.58. The van der Waals surface area contributed by atoms with Crippen LogP contribution in [-0.4, -0.2) is 40.1 Å². The number of aryl methyl sites for hydroxylation is 1. The number of likely N-dealkylation sites (tertiary alicyclic amines) is 1. The Morgan fingerprint density at radius 1 is 1.26 bits per heavy atom. The standard InChI is InChI=1S/C14H17NO4/c1-9-8-11(2-3-12(9)16)13(17)15-6-4-10(5-7-15)14(18)19/h2-3,8,10,16H,4-7H2,1H3,(H,18,19). The van der Waals surface area contributed by atoms with E-state index in [-0.39, 0.29) is 17.6 Å². The van der Waals surface area contributed by atoms with Crippen LogP contribution in [0.5, 0.6) is 5.75 Å². The lowest BCUT2D eigenvalue weighted by molar-refractivity contribution is -0.143. The van der Waals surface area contributed by atoms with Gasteiger partial charge >= 0.3 is 5.97 Å². The number of amides is 1. The largest absolute Gasteiger partial charge is 0.508 e. The van der Waals surface area contributed by atoms with Crippen molar-refractivity contribution in [2.75, 3.05) is 13.1 Å². The van der Waals surface area contributed by atoms with Gasteiger partial charge in [-0.05, 0) is 43.5 Å². The highest BCUT2D eigenvalue weighted by atomic mass is 16.4. The number of piperidine rings is 1. The van der Waals surface area contributed by atoms with Gasteiger partial charge in [-0.15, -0.1) is 0 Å². The van der Waals surface area contributed by atoms with Crippen LogP contribution < -0.4 is 0 Å². The average Bonchev–Trinajstić information content (AvgIpc) is 2.41. The molecule has 102 valence electrons. The molecule has 1 amide bonds. The smallest absolute Gasteiger partial charge is 0.306 e. The number of phenolic OH excluding ortho intramolecular Hbond substituents is 1. The van der Waals surface area contributed by atoms with Crippen LogP contribution in [-0.2, 0) is 4.79 Å². The topological polar surface area (TPSA) is 77.8 Å². The number of hydrogen-bond acceptors (Lipinski definition) is 3. The van der Waals surface area contributed by atoms with Crippen LogP contribution in [0.3, 0.4) is 0 Å². The molecule has 0 saturated carbocycles. The van der Waals surface area contributed by atoms with Crippen LogP contribution in [0.15, 0.2) is 18.2 Å². The van der Waals surface area contributed by atoms with E-state index < -0.39 is 5.97 Å². The normalized spacial score (nSPS) is 16.4. The van der Waals surface area contributed by atoms with Crippen LogP contribution in [0.4, 0.5) is 0 Å². The Kier molecular flexibility index (Phi) is 3.74. The summed E-state index contributed by atoms with van der Waals surface area (Å²) in [5.41, 5.74) is 1.19. The molecule has 1 heterocycles. The van der Waals surface area contributed by atoms with Crippen molar-refractivity contribution in [2.45, 2.75) is 19.8 Å². The predicted octanol–water partition coefficient (Wildman–Crippen LogP) is 1.64. The third-order valence-corrected chi connectivity index (χ3v) is 3.58. The summed E-state index contributed by atoms with van der Waals surface area (Å²) in [6.07, 6.45) is 0.996. The molecular weight excluding hydrogens is 246 g/mol. The van der Waals surface area contributed by atoms with E-state index in [1.165, 1.54) is 6.07 Å². The lowest BCUT2D eigenvalue weighted by Gasteiger charge is -2.30. The number of benzene rings is 1. The number of aliphatic carboxylic acids is 1. The van der Waals surface area contributed by atoms with Crippen molar-refractivity contribution in [1.82, 2.24) is 4.90 Å². The van der Waals surface area contributed by atoms with Crippen molar-refractivity contribution in [3.63, 3.8) is 0 Å². The van der Waals surface area contributed by atoms with Crippen molar-refractivity contribution in [2.24, 2.45) is 5.92 Å². The zero-order valence-electron chi connectivity index (χ0n) is 10.8. The van der Waals surface area contributed by atoms with Crippen LogP contribution in [0.25, 0.3) is 0 Å². The molecule has 0 bridgehead atoms. The zero-order valence-corrected chi connectivity index (χ0v) is 10.8. The van der Waals surface area contributed by atoms with Crippen LogP contribution in [0.1, 0.15) is 28.8 Å². The fourth-order valence-corrected chi connectivity index (χ4v) is 2.30. The Hall–Kier alpha value is -2.04. The first-order valence-corrected chi connectivity index (χ1v) is 6.30. The second-order valence-corrected chi connectivity index (χ2v) is 4.91.